The first-order valence-electron chi connectivity index (χ1n) is 14.4. The third-order valence-electron chi connectivity index (χ3n) is 8.02. The molecular formula is C33H35BrFN3O2S. The molecule has 2 aliphatic rings. The Morgan fingerprint density at radius 3 is 2.49 bits per heavy atom. The van der Waals surface area contributed by atoms with Gasteiger partial charge in [0.15, 0.2) is 0 Å². The number of carbonyl (C=O) groups excluding carboxylic acids is 1. The number of amides is 1. The van der Waals surface area contributed by atoms with Crippen molar-refractivity contribution in [3.05, 3.63) is 87.5 Å². The van der Waals surface area contributed by atoms with Crippen molar-refractivity contribution < 1.29 is 13.9 Å². The fourth-order valence-electron chi connectivity index (χ4n) is 5.76. The minimum Gasteiger partial charge on any atom is -0.489 e. The summed E-state index contributed by atoms with van der Waals surface area (Å²) in [4.78, 5) is 16.4. The largest absolute Gasteiger partial charge is 0.489 e. The summed E-state index contributed by atoms with van der Waals surface area (Å²) < 4.78 is 21.7. The number of rotatable bonds is 8. The fraction of sp³-hybridized carbons (Fsp3) is 0.364. The van der Waals surface area contributed by atoms with Crippen molar-refractivity contribution in [1.29, 1.82) is 0 Å². The van der Waals surface area contributed by atoms with E-state index in [-0.39, 0.29) is 23.9 Å². The molecule has 3 aromatic carbocycles. The van der Waals surface area contributed by atoms with Gasteiger partial charge in [-0.05, 0) is 113 Å². The molecule has 6 rings (SSSR count). The Labute approximate surface area is 253 Å². The molecule has 4 aromatic rings. The Kier molecular flexibility index (Phi) is 9.01. The zero-order chi connectivity index (χ0) is 28.2. The molecule has 0 radical (unpaired) electrons. The molecule has 8 heteroatoms. The second-order valence-electron chi connectivity index (χ2n) is 11.1. The zero-order valence-corrected chi connectivity index (χ0v) is 25.4. The van der Waals surface area contributed by atoms with Crippen molar-refractivity contribution in [3.8, 4) is 16.9 Å². The molecule has 1 amide bonds. The Balaban J connectivity index is 0.972. The molecule has 0 spiro atoms. The summed E-state index contributed by atoms with van der Waals surface area (Å²) in [7, 11) is 0. The highest BCUT2D eigenvalue weighted by atomic mass is 79.9. The van der Waals surface area contributed by atoms with Crippen LogP contribution in [0.2, 0.25) is 0 Å². The average Bonchev–Trinajstić information content (AvgIpc) is 3.38. The Morgan fingerprint density at radius 1 is 0.976 bits per heavy atom. The van der Waals surface area contributed by atoms with E-state index in [1.807, 2.05) is 0 Å². The number of ether oxygens (including phenoxy) is 1. The number of nitrogens with zero attached hydrogens (tertiary/aromatic N) is 1. The van der Waals surface area contributed by atoms with Crippen molar-refractivity contribution in [2.24, 2.45) is 0 Å². The lowest BCUT2D eigenvalue weighted by molar-refractivity contribution is -0.121. The number of nitrogens with one attached hydrogen (secondary N) is 2. The molecule has 0 unspecified atom stereocenters. The molecule has 214 valence electrons. The molecule has 2 fully saturated rings. The number of halogens is 2. The van der Waals surface area contributed by atoms with E-state index in [0.29, 0.717) is 6.42 Å². The van der Waals surface area contributed by atoms with Gasteiger partial charge in [0.25, 0.3) is 0 Å². The zero-order valence-electron chi connectivity index (χ0n) is 23.0. The monoisotopic (exact) mass is 635 g/mol. The smallest absolute Gasteiger partial charge is 0.225 e. The number of thiophene rings is 1. The number of hydrogen-bond donors (Lipinski definition) is 2. The molecule has 41 heavy (non-hydrogen) atoms. The molecule has 1 aromatic heterocycles. The molecule has 0 bridgehead atoms. The van der Waals surface area contributed by atoms with Crippen LogP contribution in [0, 0.1) is 5.82 Å². The molecule has 5 nitrogen and oxygen atoms in total. The summed E-state index contributed by atoms with van der Waals surface area (Å²) >= 11 is 5.37. The van der Waals surface area contributed by atoms with E-state index in [9.17, 15) is 9.18 Å². The second kappa shape index (κ2) is 13.0. The lowest BCUT2D eigenvalue weighted by Crippen LogP contribution is -2.44. The molecule has 2 N–H and O–H groups in total. The molecule has 0 aliphatic carbocycles. The van der Waals surface area contributed by atoms with Crippen molar-refractivity contribution >= 4 is 43.3 Å². The number of likely N-dealkylation sites (tertiary alicyclic amines) is 1. The van der Waals surface area contributed by atoms with Crippen LogP contribution in [-0.2, 0) is 17.8 Å². The maximum absolute atomic E-state index is 13.3. The first-order valence-corrected chi connectivity index (χ1v) is 16.1. The van der Waals surface area contributed by atoms with E-state index >= 15 is 0 Å². The Bertz CT molecular complexity index is 1490. The quantitative estimate of drug-likeness (QED) is 0.221. The second-order valence-corrected chi connectivity index (χ2v) is 13.1. The van der Waals surface area contributed by atoms with Gasteiger partial charge in [-0.25, -0.2) is 4.39 Å². The topological polar surface area (TPSA) is 53.6 Å². The summed E-state index contributed by atoms with van der Waals surface area (Å²) in [5.74, 6) is 0.776. The predicted molar refractivity (Wildman–Crippen MR) is 168 cm³/mol. The SMILES string of the molecule is O=C(Cc1cc2ccc(-c3ccc(F)cc3)cc2s1)NC1CCN(Cc2ccc(OC3CCNCC3)c(Br)c2)CC1. The normalized spacial score (nSPS) is 17.1. The molecular weight excluding hydrogens is 601 g/mol. The Hall–Kier alpha value is -2.78. The summed E-state index contributed by atoms with van der Waals surface area (Å²) in [5.41, 5.74) is 3.30. The van der Waals surface area contributed by atoms with E-state index < -0.39 is 0 Å². The third kappa shape index (κ3) is 7.36. The van der Waals surface area contributed by atoms with Crippen molar-refractivity contribution in [3.63, 3.8) is 0 Å². The van der Waals surface area contributed by atoms with Gasteiger partial charge in [-0.3, -0.25) is 9.69 Å². The van der Waals surface area contributed by atoms with Crippen LogP contribution < -0.4 is 15.4 Å². The molecule has 2 aliphatic heterocycles. The molecule has 0 atom stereocenters. The highest BCUT2D eigenvalue weighted by Crippen LogP contribution is 2.32. The number of hydrogen-bond acceptors (Lipinski definition) is 5. The van der Waals surface area contributed by atoms with Gasteiger partial charge in [0.2, 0.25) is 5.91 Å². The number of benzene rings is 3. The summed E-state index contributed by atoms with van der Waals surface area (Å²) in [6.45, 7) is 4.86. The molecule has 3 heterocycles. The molecule has 2 saturated heterocycles. The van der Waals surface area contributed by atoms with Gasteiger partial charge in [-0.15, -0.1) is 11.3 Å². The van der Waals surface area contributed by atoms with Crippen LogP contribution in [0.5, 0.6) is 5.75 Å². The van der Waals surface area contributed by atoms with Crippen LogP contribution in [0.3, 0.4) is 0 Å². The highest BCUT2D eigenvalue weighted by Gasteiger charge is 2.22. The lowest BCUT2D eigenvalue weighted by Gasteiger charge is -2.32. The van der Waals surface area contributed by atoms with Gasteiger partial charge in [0.1, 0.15) is 17.7 Å². The van der Waals surface area contributed by atoms with Crippen molar-refractivity contribution in [1.82, 2.24) is 15.5 Å². The summed E-state index contributed by atoms with van der Waals surface area (Å²) in [6, 6.07) is 21.6. The van der Waals surface area contributed by atoms with E-state index in [4.69, 9.17) is 4.74 Å². The third-order valence-corrected chi connectivity index (χ3v) is 9.74. The number of piperidine rings is 2. The van der Waals surface area contributed by atoms with E-state index in [1.165, 1.54) is 17.7 Å². The van der Waals surface area contributed by atoms with Gasteiger partial charge in [0.05, 0.1) is 10.9 Å². The number of carbonyl (C=O) groups is 1. The van der Waals surface area contributed by atoms with Gasteiger partial charge in [0, 0.05) is 35.3 Å². The minimum atomic E-state index is -0.235. The van der Waals surface area contributed by atoms with E-state index in [1.54, 1.807) is 23.5 Å². The van der Waals surface area contributed by atoms with Crippen LogP contribution in [0.1, 0.15) is 36.1 Å². The average molecular weight is 637 g/mol. The maximum Gasteiger partial charge on any atom is 0.225 e. The standard InChI is InChI=1S/C33H35BrFN3O2S/c34-30-17-22(1-8-31(30)40-28-9-13-36-14-10-28)21-38-15-11-27(12-16-38)37-33(39)20-29-18-25-3-2-24(19-32(25)41-29)23-4-6-26(35)7-5-23/h1-8,17-19,27-28,36H,9-16,20-21H2,(H,37,39). The number of fused-ring (bicyclic) bond motifs is 1. The predicted octanol–water partition coefficient (Wildman–Crippen LogP) is 6.92. The van der Waals surface area contributed by atoms with Crippen LogP contribution in [0.4, 0.5) is 4.39 Å². The van der Waals surface area contributed by atoms with Crippen LogP contribution in [0.25, 0.3) is 21.2 Å². The van der Waals surface area contributed by atoms with Gasteiger partial charge < -0.3 is 15.4 Å². The highest BCUT2D eigenvalue weighted by molar-refractivity contribution is 9.10. The minimum absolute atomic E-state index is 0.0852. The first-order chi connectivity index (χ1) is 20.0. The Morgan fingerprint density at radius 2 is 1.73 bits per heavy atom. The van der Waals surface area contributed by atoms with E-state index in [2.05, 4.69) is 73.9 Å². The maximum atomic E-state index is 13.3. The van der Waals surface area contributed by atoms with Gasteiger partial charge >= 0.3 is 0 Å². The van der Waals surface area contributed by atoms with E-state index in [0.717, 1.165) is 94.7 Å². The first kappa shape index (κ1) is 28.3. The van der Waals surface area contributed by atoms with Crippen molar-refractivity contribution in [2.75, 3.05) is 26.2 Å². The van der Waals surface area contributed by atoms with Gasteiger partial charge in [-0.2, -0.15) is 0 Å². The van der Waals surface area contributed by atoms with Crippen molar-refractivity contribution in [2.45, 2.75) is 50.8 Å². The summed E-state index contributed by atoms with van der Waals surface area (Å²) in [5, 5.41) is 7.78. The van der Waals surface area contributed by atoms with Crippen LogP contribution in [0.15, 0.2) is 71.2 Å². The van der Waals surface area contributed by atoms with Gasteiger partial charge in [-0.1, -0.05) is 30.3 Å². The lowest BCUT2D eigenvalue weighted by atomic mass is 10.0. The molecule has 0 saturated carbocycles. The summed E-state index contributed by atoms with van der Waals surface area (Å²) in [6.07, 6.45) is 4.68. The van der Waals surface area contributed by atoms with Crippen LogP contribution >= 0.6 is 27.3 Å². The fourth-order valence-corrected chi connectivity index (χ4v) is 7.38. The van der Waals surface area contributed by atoms with Crippen LogP contribution in [-0.4, -0.2) is 49.1 Å².